The monoisotopic (exact) mass is 177 g/mol. The van der Waals surface area contributed by atoms with E-state index in [9.17, 15) is 9.59 Å². The Hall–Kier alpha value is -1.14. The minimum absolute atomic E-state index is 0.0909. The normalized spacial score (nSPS) is 12.4. The van der Waals surface area contributed by atoms with Gasteiger partial charge in [0.1, 0.15) is 0 Å². The van der Waals surface area contributed by atoms with Crippen LogP contribution in [0.3, 0.4) is 0 Å². The number of aliphatic hydroxyl groups is 1. The fraction of sp³-hybridized carbons (Fsp3) is 0.667. The number of carboxylic acid groups (broad SMARTS) is 2. The topological polar surface area (TPSA) is 107 Å². The molecule has 1 atom stereocenters. The van der Waals surface area contributed by atoms with Gasteiger partial charge in [-0.1, -0.05) is 0 Å². The zero-order chi connectivity index (χ0) is 9.56. The first-order chi connectivity index (χ1) is 5.54. The van der Waals surface area contributed by atoms with Crippen LogP contribution in [-0.4, -0.2) is 46.5 Å². The van der Waals surface area contributed by atoms with E-state index in [1.165, 1.54) is 0 Å². The standard InChI is InChI=1S/C6H11NO5/c8-4(6(11)12)3-7-2-1-5(9)10/h4,7-8H,1-3H2,(H,9,10)(H,11,12). The van der Waals surface area contributed by atoms with Gasteiger partial charge in [-0.3, -0.25) is 4.79 Å². The zero-order valence-corrected chi connectivity index (χ0v) is 6.36. The molecule has 0 aromatic rings. The smallest absolute Gasteiger partial charge is 0.333 e. The highest BCUT2D eigenvalue weighted by Crippen LogP contribution is 1.80. The lowest BCUT2D eigenvalue weighted by atomic mass is 10.3. The van der Waals surface area contributed by atoms with Crippen molar-refractivity contribution < 1.29 is 24.9 Å². The molecule has 6 heteroatoms. The van der Waals surface area contributed by atoms with E-state index >= 15 is 0 Å². The van der Waals surface area contributed by atoms with Crippen LogP contribution in [0, 0.1) is 0 Å². The van der Waals surface area contributed by atoms with Gasteiger partial charge in [-0.15, -0.1) is 0 Å². The Balaban J connectivity index is 3.31. The van der Waals surface area contributed by atoms with Crippen LogP contribution in [0.5, 0.6) is 0 Å². The van der Waals surface area contributed by atoms with E-state index in [4.69, 9.17) is 15.3 Å². The molecule has 1 unspecified atom stereocenters. The summed E-state index contributed by atoms with van der Waals surface area (Å²) in [6.45, 7) is 0.0162. The van der Waals surface area contributed by atoms with Gasteiger partial charge in [0, 0.05) is 13.1 Å². The van der Waals surface area contributed by atoms with Crippen LogP contribution in [0.4, 0.5) is 0 Å². The zero-order valence-electron chi connectivity index (χ0n) is 6.36. The first-order valence-corrected chi connectivity index (χ1v) is 3.37. The van der Waals surface area contributed by atoms with Crippen LogP contribution in [0.15, 0.2) is 0 Å². The van der Waals surface area contributed by atoms with Crippen LogP contribution < -0.4 is 5.32 Å². The summed E-state index contributed by atoms with van der Waals surface area (Å²) in [5.41, 5.74) is 0. The molecule has 0 aliphatic heterocycles. The van der Waals surface area contributed by atoms with Crippen molar-refractivity contribution in [2.24, 2.45) is 0 Å². The van der Waals surface area contributed by atoms with E-state index < -0.39 is 18.0 Å². The molecule has 0 spiro atoms. The van der Waals surface area contributed by atoms with E-state index in [-0.39, 0.29) is 19.5 Å². The maximum Gasteiger partial charge on any atom is 0.333 e. The molecule has 6 nitrogen and oxygen atoms in total. The van der Waals surface area contributed by atoms with Gasteiger partial charge < -0.3 is 20.6 Å². The molecule has 0 saturated carbocycles. The molecule has 0 radical (unpaired) electrons. The molecule has 12 heavy (non-hydrogen) atoms. The van der Waals surface area contributed by atoms with Gasteiger partial charge in [0.05, 0.1) is 6.42 Å². The number of carbonyl (C=O) groups is 2. The van der Waals surface area contributed by atoms with E-state index in [2.05, 4.69) is 5.32 Å². The second-order valence-electron chi connectivity index (χ2n) is 2.20. The van der Waals surface area contributed by atoms with Gasteiger partial charge in [0.25, 0.3) is 0 Å². The Morgan fingerprint density at radius 3 is 2.33 bits per heavy atom. The quantitative estimate of drug-likeness (QED) is 0.368. The molecular weight excluding hydrogens is 166 g/mol. The molecule has 4 N–H and O–H groups in total. The van der Waals surface area contributed by atoms with Crippen LogP contribution in [0.25, 0.3) is 0 Å². The molecule has 0 fully saturated rings. The van der Waals surface area contributed by atoms with Crippen molar-refractivity contribution in [3.8, 4) is 0 Å². The molecule has 0 heterocycles. The maximum absolute atomic E-state index is 10.0. The maximum atomic E-state index is 10.0. The summed E-state index contributed by atoms with van der Waals surface area (Å²) >= 11 is 0. The third-order valence-corrected chi connectivity index (χ3v) is 1.14. The van der Waals surface area contributed by atoms with Crippen LogP contribution in [0.2, 0.25) is 0 Å². The van der Waals surface area contributed by atoms with Crippen molar-refractivity contribution in [2.75, 3.05) is 13.1 Å². The highest BCUT2D eigenvalue weighted by Gasteiger charge is 2.11. The van der Waals surface area contributed by atoms with Gasteiger partial charge in [-0.05, 0) is 0 Å². The SMILES string of the molecule is O=C(O)CCNCC(O)C(=O)O. The molecule has 0 aliphatic rings. The van der Waals surface area contributed by atoms with Gasteiger partial charge in [-0.2, -0.15) is 0 Å². The van der Waals surface area contributed by atoms with Crippen molar-refractivity contribution in [3.63, 3.8) is 0 Å². The molecule has 0 aromatic carbocycles. The number of carboxylic acids is 2. The second kappa shape index (κ2) is 5.50. The summed E-state index contributed by atoms with van der Waals surface area (Å²) in [7, 11) is 0. The lowest BCUT2D eigenvalue weighted by Gasteiger charge is -2.05. The molecule has 0 saturated heterocycles. The van der Waals surface area contributed by atoms with Crippen molar-refractivity contribution in [3.05, 3.63) is 0 Å². The summed E-state index contributed by atoms with van der Waals surface area (Å²) in [5.74, 6) is -2.29. The average Bonchev–Trinajstić information content (AvgIpc) is 1.97. The fourth-order valence-electron chi connectivity index (χ4n) is 0.521. The number of hydrogen-bond donors (Lipinski definition) is 4. The van der Waals surface area contributed by atoms with Gasteiger partial charge in [0.15, 0.2) is 6.10 Å². The predicted octanol–water partition coefficient (Wildman–Crippen LogP) is -1.50. The van der Waals surface area contributed by atoms with Gasteiger partial charge in [0.2, 0.25) is 0 Å². The van der Waals surface area contributed by atoms with Crippen LogP contribution >= 0.6 is 0 Å². The first-order valence-electron chi connectivity index (χ1n) is 3.37. The average molecular weight is 177 g/mol. The number of rotatable bonds is 6. The Kier molecular flexibility index (Phi) is 4.98. The van der Waals surface area contributed by atoms with Crippen molar-refractivity contribution >= 4 is 11.9 Å². The molecule has 0 bridgehead atoms. The highest BCUT2D eigenvalue weighted by molar-refractivity contribution is 5.72. The largest absolute Gasteiger partial charge is 0.481 e. The predicted molar refractivity (Wildman–Crippen MR) is 38.8 cm³/mol. The minimum atomic E-state index is -1.47. The second-order valence-corrected chi connectivity index (χ2v) is 2.20. The van der Waals surface area contributed by atoms with E-state index in [0.717, 1.165) is 0 Å². The Morgan fingerprint density at radius 2 is 1.92 bits per heavy atom. The lowest BCUT2D eigenvalue weighted by Crippen LogP contribution is -2.33. The first kappa shape index (κ1) is 10.9. The number of aliphatic carboxylic acids is 2. The lowest BCUT2D eigenvalue weighted by molar-refractivity contribution is -0.146. The molecule has 0 rings (SSSR count). The number of nitrogens with one attached hydrogen (secondary N) is 1. The Bertz CT molecular complexity index is 169. The molecule has 0 aromatic heterocycles. The van der Waals surface area contributed by atoms with Gasteiger partial charge in [-0.25, -0.2) is 4.79 Å². The summed E-state index contributed by atoms with van der Waals surface area (Å²) in [5, 5.41) is 27.5. The third-order valence-electron chi connectivity index (χ3n) is 1.14. The van der Waals surface area contributed by atoms with Crippen molar-refractivity contribution in [1.29, 1.82) is 0 Å². The molecule has 0 amide bonds. The molecule has 70 valence electrons. The summed E-state index contributed by atoms with van der Waals surface area (Å²) in [6, 6.07) is 0. The Morgan fingerprint density at radius 1 is 1.33 bits per heavy atom. The summed E-state index contributed by atoms with van der Waals surface area (Å²) < 4.78 is 0. The minimum Gasteiger partial charge on any atom is -0.481 e. The fourth-order valence-corrected chi connectivity index (χ4v) is 0.521. The molecular formula is C6H11NO5. The van der Waals surface area contributed by atoms with E-state index in [0.29, 0.717) is 0 Å². The Labute approximate surface area is 68.8 Å². The van der Waals surface area contributed by atoms with Crippen molar-refractivity contribution in [1.82, 2.24) is 5.32 Å². The van der Waals surface area contributed by atoms with Gasteiger partial charge >= 0.3 is 11.9 Å². The van der Waals surface area contributed by atoms with E-state index in [1.807, 2.05) is 0 Å². The van der Waals surface area contributed by atoms with Crippen molar-refractivity contribution in [2.45, 2.75) is 12.5 Å². The third kappa shape index (κ3) is 5.63. The van der Waals surface area contributed by atoms with E-state index in [1.54, 1.807) is 0 Å². The highest BCUT2D eigenvalue weighted by atomic mass is 16.4. The van der Waals surface area contributed by atoms with Crippen LogP contribution in [0.1, 0.15) is 6.42 Å². The number of aliphatic hydroxyl groups excluding tert-OH is 1. The summed E-state index contributed by atoms with van der Waals surface area (Å²) in [4.78, 5) is 20.0. The summed E-state index contributed by atoms with van der Waals surface area (Å²) in [6.07, 6.45) is -1.56. The number of hydrogen-bond acceptors (Lipinski definition) is 4. The molecule has 0 aliphatic carbocycles. The van der Waals surface area contributed by atoms with Crippen LogP contribution in [-0.2, 0) is 9.59 Å².